The normalized spacial score (nSPS) is 17.7. The molecule has 5 nitrogen and oxygen atoms in total. The summed E-state index contributed by atoms with van der Waals surface area (Å²) in [4.78, 5) is 20.2. The van der Waals surface area contributed by atoms with E-state index in [0.717, 1.165) is 19.3 Å². The van der Waals surface area contributed by atoms with Crippen LogP contribution < -0.4 is 0 Å². The highest BCUT2D eigenvalue weighted by Gasteiger charge is 2.51. The Morgan fingerprint density at radius 2 is 2.35 bits per heavy atom. The standard InChI is InChI=1S/C12H12N2O3/c1-16-11(15)12(5-3-6-12)10-14-9-8(17-10)4-2-7-13-9/h2,4,7H,3,5-6H2,1H3. The smallest absolute Gasteiger partial charge is 0.321 e. The fourth-order valence-electron chi connectivity index (χ4n) is 2.20. The van der Waals surface area contributed by atoms with Crippen LogP contribution in [-0.4, -0.2) is 23.0 Å². The number of carbonyl (C=O) groups is 1. The van der Waals surface area contributed by atoms with Crippen LogP contribution in [0.3, 0.4) is 0 Å². The number of pyridine rings is 1. The molecule has 1 aliphatic carbocycles. The van der Waals surface area contributed by atoms with E-state index in [-0.39, 0.29) is 5.97 Å². The summed E-state index contributed by atoms with van der Waals surface area (Å²) in [5, 5.41) is 0. The Balaban J connectivity index is 2.10. The predicted molar refractivity (Wildman–Crippen MR) is 59.3 cm³/mol. The van der Waals surface area contributed by atoms with Crippen LogP contribution in [0.25, 0.3) is 11.2 Å². The molecule has 5 heteroatoms. The third-order valence-corrected chi connectivity index (χ3v) is 3.36. The van der Waals surface area contributed by atoms with Crippen molar-refractivity contribution in [1.82, 2.24) is 9.97 Å². The van der Waals surface area contributed by atoms with Crippen molar-refractivity contribution in [3.05, 3.63) is 24.2 Å². The molecular formula is C12H12N2O3. The Morgan fingerprint density at radius 1 is 1.53 bits per heavy atom. The van der Waals surface area contributed by atoms with Crippen molar-refractivity contribution < 1.29 is 13.9 Å². The van der Waals surface area contributed by atoms with Crippen molar-refractivity contribution in [3.8, 4) is 0 Å². The minimum absolute atomic E-state index is 0.268. The molecule has 0 amide bonds. The Morgan fingerprint density at radius 3 is 2.94 bits per heavy atom. The Kier molecular flexibility index (Phi) is 2.14. The fourth-order valence-corrected chi connectivity index (χ4v) is 2.20. The number of aromatic nitrogens is 2. The molecule has 88 valence electrons. The fraction of sp³-hybridized carbons (Fsp3) is 0.417. The van der Waals surface area contributed by atoms with Gasteiger partial charge in [-0.1, -0.05) is 6.42 Å². The number of oxazole rings is 1. The lowest BCUT2D eigenvalue weighted by molar-refractivity contribution is -0.152. The van der Waals surface area contributed by atoms with E-state index >= 15 is 0 Å². The van der Waals surface area contributed by atoms with E-state index < -0.39 is 5.41 Å². The quantitative estimate of drug-likeness (QED) is 0.739. The van der Waals surface area contributed by atoms with Gasteiger partial charge in [0, 0.05) is 6.20 Å². The minimum atomic E-state index is -0.685. The average Bonchev–Trinajstić information content (AvgIpc) is 2.70. The topological polar surface area (TPSA) is 65.2 Å². The number of nitrogens with zero attached hydrogens (tertiary/aromatic N) is 2. The van der Waals surface area contributed by atoms with Crippen LogP contribution in [0, 0.1) is 0 Å². The van der Waals surface area contributed by atoms with Crippen molar-refractivity contribution in [2.75, 3.05) is 7.11 Å². The Labute approximate surface area is 97.8 Å². The van der Waals surface area contributed by atoms with Crippen LogP contribution in [0.2, 0.25) is 0 Å². The number of fused-ring (bicyclic) bond motifs is 1. The van der Waals surface area contributed by atoms with Gasteiger partial charge in [-0.3, -0.25) is 4.79 Å². The van der Waals surface area contributed by atoms with E-state index in [0.29, 0.717) is 17.1 Å². The van der Waals surface area contributed by atoms with Gasteiger partial charge in [-0.05, 0) is 25.0 Å². The summed E-state index contributed by atoms with van der Waals surface area (Å²) in [6.07, 6.45) is 4.10. The van der Waals surface area contributed by atoms with Gasteiger partial charge in [0.05, 0.1) is 7.11 Å². The average molecular weight is 232 g/mol. The van der Waals surface area contributed by atoms with Crippen molar-refractivity contribution in [2.24, 2.45) is 0 Å². The number of hydrogen-bond acceptors (Lipinski definition) is 5. The second-order valence-corrected chi connectivity index (χ2v) is 4.27. The Hall–Kier alpha value is -1.91. The van der Waals surface area contributed by atoms with Crippen LogP contribution >= 0.6 is 0 Å². The summed E-state index contributed by atoms with van der Waals surface area (Å²) in [6.45, 7) is 0. The predicted octanol–water partition coefficient (Wildman–Crippen LogP) is 1.82. The highest BCUT2D eigenvalue weighted by molar-refractivity contribution is 5.83. The first-order valence-electron chi connectivity index (χ1n) is 5.57. The molecule has 0 N–H and O–H groups in total. The molecule has 1 fully saturated rings. The third kappa shape index (κ3) is 1.35. The van der Waals surface area contributed by atoms with Gasteiger partial charge >= 0.3 is 5.97 Å². The third-order valence-electron chi connectivity index (χ3n) is 3.36. The molecule has 0 aliphatic heterocycles. The van der Waals surface area contributed by atoms with E-state index in [2.05, 4.69) is 9.97 Å². The van der Waals surface area contributed by atoms with Gasteiger partial charge in [0.1, 0.15) is 5.41 Å². The number of rotatable bonds is 2. The summed E-state index contributed by atoms with van der Waals surface area (Å²) in [5.74, 6) is 0.166. The van der Waals surface area contributed by atoms with Gasteiger partial charge in [0.25, 0.3) is 0 Å². The molecule has 2 aromatic rings. The molecule has 0 atom stereocenters. The van der Waals surface area contributed by atoms with E-state index in [1.165, 1.54) is 7.11 Å². The van der Waals surface area contributed by atoms with Gasteiger partial charge in [0.2, 0.25) is 5.89 Å². The first-order valence-corrected chi connectivity index (χ1v) is 5.57. The first kappa shape index (κ1) is 10.3. The van der Waals surface area contributed by atoms with Crippen molar-refractivity contribution in [3.63, 3.8) is 0 Å². The first-order chi connectivity index (χ1) is 8.26. The molecule has 0 unspecified atom stereocenters. The zero-order valence-electron chi connectivity index (χ0n) is 9.47. The maximum atomic E-state index is 11.9. The summed E-state index contributed by atoms with van der Waals surface area (Å²) in [6, 6.07) is 3.57. The molecule has 0 aromatic carbocycles. The SMILES string of the molecule is COC(=O)C1(c2nc3ncccc3o2)CCC1. The second-order valence-electron chi connectivity index (χ2n) is 4.27. The van der Waals surface area contributed by atoms with Crippen molar-refractivity contribution in [1.29, 1.82) is 0 Å². The molecule has 0 spiro atoms. The summed E-state index contributed by atoms with van der Waals surface area (Å²) in [5.41, 5.74) is 0.463. The number of esters is 1. The molecule has 2 aromatic heterocycles. The van der Waals surface area contributed by atoms with Crippen LogP contribution in [0.1, 0.15) is 25.2 Å². The van der Waals surface area contributed by atoms with Crippen LogP contribution in [-0.2, 0) is 14.9 Å². The molecule has 0 bridgehead atoms. The van der Waals surface area contributed by atoms with Crippen LogP contribution in [0.4, 0.5) is 0 Å². The maximum absolute atomic E-state index is 11.9. The van der Waals surface area contributed by atoms with Crippen LogP contribution in [0.5, 0.6) is 0 Å². The summed E-state index contributed by atoms with van der Waals surface area (Å²) < 4.78 is 10.5. The van der Waals surface area contributed by atoms with Gasteiger partial charge in [-0.25, -0.2) is 4.98 Å². The highest BCUT2D eigenvalue weighted by Crippen LogP contribution is 2.44. The lowest BCUT2D eigenvalue weighted by Gasteiger charge is -2.35. The van der Waals surface area contributed by atoms with E-state index in [4.69, 9.17) is 9.15 Å². The molecule has 1 saturated carbocycles. The number of ether oxygens (including phenoxy) is 1. The summed E-state index contributed by atoms with van der Waals surface area (Å²) in [7, 11) is 1.39. The van der Waals surface area contributed by atoms with Crippen LogP contribution in [0.15, 0.2) is 22.7 Å². The molecule has 1 aliphatic rings. The largest absolute Gasteiger partial charge is 0.468 e. The van der Waals surface area contributed by atoms with Crippen molar-refractivity contribution in [2.45, 2.75) is 24.7 Å². The van der Waals surface area contributed by atoms with E-state index in [1.807, 2.05) is 0 Å². The molecule has 3 rings (SSSR count). The Bertz CT molecular complexity index is 539. The van der Waals surface area contributed by atoms with E-state index in [1.54, 1.807) is 18.3 Å². The van der Waals surface area contributed by atoms with Crippen molar-refractivity contribution >= 4 is 17.2 Å². The molecule has 17 heavy (non-hydrogen) atoms. The second kappa shape index (κ2) is 3.55. The number of hydrogen-bond donors (Lipinski definition) is 0. The molecular weight excluding hydrogens is 220 g/mol. The van der Waals surface area contributed by atoms with E-state index in [9.17, 15) is 4.79 Å². The van der Waals surface area contributed by atoms with Gasteiger partial charge in [0.15, 0.2) is 11.2 Å². The summed E-state index contributed by atoms with van der Waals surface area (Å²) >= 11 is 0. The number of methoxy groups -OCH3 is 1. The molecule has 0 radical (unpaired) electrons. The zero-order valence-corrected chi connectivity index (χ0v) is 9.47. The number of carbonyl (C=O) groups excluding carboxylic acids is 1. The molecule has 0 saturated heterocycles. The zero-order chi connectivity index (χ0) is 11.9. The lowest BCUT2D eigenvalue weighted by Crippen LogP contribution is -2.43. The molecule has 2 heterocycles. The minimum Gasteiger partial charge on any atom is -0.468 e. The monoisotopic (exact) mass is 232 g/mol. The maximum Gasteiger partial charge on any atom is 0.321 e. The van der Waals surface area contributed by atoms with Gasteiger partial charge < -0.3 is 9.15 Å². The van der Waals surface area contributed by atoms with Gasteiger partial charge in [-0.15, -0.1) is 0 Å². The highest BCUT2D eigenvalue weighted by atomic mass is 16.5. The lowest BCUT2D eigenvalue weighted by atomic mass is 9.68. The van der Waals surface area contributed by atoms with Gasteiger partial charge in [-0.2, -0.15) is 4.98 Å².